The number of hydrogen-bond acceptors (Lipinski definition) is 6. The van der Waals surface area contributed by atoms with Gasteiger partial charge in [-0.25, -0.2) is 0 Å². The van der Waals surface area contributed by atoms with E-state index in [1.54, 1.807) is 0 Å². The van der Waals surface area contributed by atoms with Crippen LogP contribution in [0, 0.1) is 0 Å². The topological polar surface area (TPSA) is 150 Å². The van der Waals surface area contributed by atoms with E-state index in [1.807, 2.05) is 0 Å². The molecule has 0 aliphatic heterocycles. The molecule has 0 aliphatic rings. The van der Waals surface area contributed by atoms with Crippen LogP contribution in [-0.4, -0.2) is 57.3 Å². The van der Waals surface area contributed by atoms with Crippen LogP contribution in [0.25, 0.3) is 0 Å². The lowest BCUT2D eigenvalue weighted by Crippen LogP contribution is -2.54. The highest BCUT2D eigenvalue weighted by atomic mass is 16.4. The van der Waals surface area contributed by atoms with E-state index in [1.165, 1.54) is 0 Å². The standard InChI is InChI=1S/C6H14N2O5/c7-3(6(8)13)5(12)4(11)2(10)1-9/h2-5,9-12H,1,7H2,(H2,8,13)/t2?,3-,4-,5-/m1/s1. The Balaban J connectivity index is 4.24. The van der Waals surface area contributed by atoms with Crippen LogP contribution in [0.4, 0.5) is 0 Å². The molecule has 78 valence electrons. The van der Waals surface area contributed by atoms with E-state index < -0.39 is 36.9 Å². The molecule has 4 atom stereocenters. The van der Waals surface area contributed by atoms with Crippen LogP contribution in [0.15, 0.2) is 0 Å². The maximum atomic E-state index is 10.4. The highest BCUT2D eigenvalue weighted by Gasteiger charge is 2.31. The Morgan fingerprint density at radius 2 is 1.69 bits per heavy atom. The van der Waals surface area contributed by atoms with Gasteiger partial charge in [0, 0.05) is 0 Å². The van der Waals surface area contributed by atoms with Crippen LogP contribution in [0.2, 0.25) is 0 Å². The summed E-state index contributed by atoms with van der Waals surface area (Å²) in [6.45, 7) is -0.746. The summed E-state index contributed by atoms with van der Waals surface area (Å²) in [4.78, 5) is 10.4. The number of amides is 1. The first-order valence-electron chi connectivity index (χ1n) is 3.61. The second-order valence-corrected chi connectivity index (χ2v) is 2.66. The molecular weight excluding hydrogens is 180 g/mol. The first-order valence-corrected chi connectivity index (χ1v) is 3.61. The fraction of sp³-hybridized carbons (Fsp3) is 0.833. The molecule has 0 aromatic carbocycles. The van der Waals surface area contributed by atoms with Crippen molar-refractivity contribution in [1.82, 2.24) is 0 Å². The molecule has 0 saturated carbocycles. The van der Waals surface area contributed by atoms with Crippen molar-refractivity contribution in [2.75, 3.05) is 6.61 Å². The number of aliphatic hydroxyl groups excluding tert-OH is 4. The molecule has 13 heavy (non-hydrogen) atoms. The predicted octanol–water partition coefficient (Wildman–Crippen LogP) is -4.13. The molecule has 0 bridgehead atoms. The molecule has 0 aromatic rings. The average molecular weight is 194 g/mol. The molecular formula is C6H14N2O5. The van der Waals surface area contributed by atoms with Gasteiger partial charge >= 0.3 is 0 Å². The number of nitrogens with two attached hydrogens (primary N) is 2. The number of primary amides is 1. The van der Waals surface area contributed by atoms with Gasteiger partial charge in [-0.3, -0.25) is 4.79 Å². The smallest absolute Gasteiger partial charge is 0.237 e. The van der Waals surface area contributed by atoms with E-state index >= 15 is 0 Å². The molecule has 0 aliphatic carbocycles. The molecule has 7 heteroatoms. The van der Waals surface area contributed by atoms with Crippen LogP contribution in [0.3, 0.4) is 0 Å². The Morgan fingerprint density at radius 3 is 2.00 bits per heavy atom. The molecule has 0 spiro atoms. The van der Waals surface area contributed by atoms with Crippen molar-refractivity contribution in [2.45, 2.75) is 24.4 Å². The second-order valence-electron chi connectivity index (χ2n) is 2.66. The van der Waals surface area contributed by atoms with Gasteiger partial charge in [-0.2, -0.15) is 0 Å². The molecule has 7 nitrogen and oxygen atoms in total. The molecule has 1 unspecified atom stereocenters. The van der Waals surface area contributed by atoms with E-state index in [-0.39, 0.29) is 0 Å². The Kier molecular flexibility index (Phi) is 4.81. The Bertz CT molecular complexity index is 176. The maximum Gasteiger partial charge on any atom is 0.237 e. The summed E-state index contributed by atoms with van der Waals surface area (Å²) in [6.07, 6.45) is -4.95. The Labute approximate surface area is 74.6 Å². The van der Waals surface area contributed by atoms with Crippen LogP contribution in [0.5, 0.6) is 0 Å². The van der Waals surface area contributed by atoms with Gasteiger partial charge in [0.05, 0.1) is 6.61 Å². The SMILES string of the molecule is NC(=O)[C@H](N)[C@@H](O)[C@H](O)C(O)CO. The molecule has 1 amide bonds. The van der Waals surface area contributed by atoms with E-state index in [9.17, 15) is 4.79 Å². The van der Waals surface area contributed by atoms with Gasteiger partial charge in [0.15, 0.2) is 0 Å². The van der Waals surface area contributed by atoms with Crippen LogP contribution < -0.4 is 11.5 Å². The summed E-state index contributed by atoms with van der Waals surface area (Å²) >= 11 is 0. The molecule has 0 rings (SSSR count). The van der Waals surface area contributed by atoms with Crippen LogP contribution in [0.1, 0.15) is 0 Å². The quantitative estimate of drug-likeness (QED) is 0.261. The summed E-state index contributed by atoms with van der Waals surface area (Å²) in [5, 5.41) is 35.4. The highest BCUT2D eigenvalue weighted by molar-refractivity contribution is 5.80. The Hall–Kier alpha value is -0.730. The van der Waals surface area contributed by atoms with Crippen LogP contribution >= 0.6 is 0 Å². The first kappa shape index (κ1) is 12.3. The number of carbonyl (C=O) groups excluding carboxylic acids is 1. The van der Waals surface area contributed by atoms with Crippen molar-refractivity contribution in [1.29, 1.82) is 0 Å². The zero-order valence-corrected chi connectivity index (χ0v) is 6.87. The zero-order valence-electron chi connectivity index (χ0n) is 6.87. The van der Waals surface area contributed by atoms with Crippen molar-refractivity contribution in [2.24, 2.45) is 11.5 Å². The molecule has 8 N–H and O–H groups in total. The minimum atomic E-state index is -1.70. The van der Waals surface area contributed by atoms with Crippen molar-refractivity contribution in [3.63, 3.8) is 0 Å². The van der Waals surface area contributed by atoms with Gasteiger partial charge < -0.3 is 31.9 Å². The highest BCUT2D eigenvalue weighted by Crippen LogP contribution is 2.02. The van der Waals surface area contributed by atoms with Gasteiger partial charge in [0.25, 0.3) is 0 Å². The summed E-state index contributed by atoms with van der Waals surface area (Å²) in [6, 6.07) is -1.48. The lowest BCUT2D eigenvalue weighted by atomic mass is 10.0. The maximum absolute atomic E-state index is 10.4. The first-order chi connectivity index (χ1) is 5.91. The van der Waals surface area contributed by atoms with E-state index in [0.717, 1.165) is 0 Å². The second kappa shape index (κ2) is 5.10. The van der Waals surface area contributed by atoms with E-state index in [0.29, 0.717) is 0 Å². The lowest BCUT2D eigenvalue weighted by molar-refractivity contribution is -0.128. The van der Waals surface area contributed by atoms with Crippen LogP contribution in [-0.2, 0) is 4.79 Å². The molecule has 0 aromatic heterocycles. The zero-order chi connectivity index (χ0) is 10.6. The van der Waals surface area contributed by atoms with Gasteiger partial charge in [-0.1, -0.05) is 0 Å². The average Bonchev–Trinajstić information content (AvgIpc) is 2.12. The van der Waals surface area contributed by atoms with Gasteiger partial charge in [-0.05, 0) is 0 Å². The normalized spacial score (nSPS) is 20.4. The third kappa shape index (κ3) is 3.25. The molecule has 0 heterocycles. The van der Waals surface area contributed by atoms with Gasteiger partial charge in [-0.15, -0.1) is 0 Å². The molecule has 0 fully saturated rings. The summed E-state index contributed by atoms with van der Waals surface area (Å²) < 4.78 is 0. The minimum absolute atomic E-state index is 0.746. The van der Waals surface area contributed by atoms with E-state index in [4.69, 9.17) is 31.9 Å². The number of rotatable bonds is 5. The van der Waals surface area contributed by atoms with Crippen molar-refractivity contribution in [3.8, 4) is 0 Å². The minimum Gasteiger partial charge on any atom is -0.394 e. The molecule has 0 saturated heterocycles. The predicted molar refractivity (Wildman–Crippen MR) is 42.3 cm³/mol. The number of carbonyl (C=O) groups is 1. The summed E-state index contributed by atoms with van der Waals surface area (Å²) in [5.74, 6) is -1.00. The fourth-order valence-electron chi connectivity index (χ4n) is 0.716. The van der Waals surface area contributed by atoms with Gasteiger partial charge in [0.2, 0.25) is 5.91 Å². The number of aliphatic hydroxyl groups is 4. The van der Waals surface area contributed by atoms with Gasteiger partial charge in [0.1, 0.15) is 24.4 Å². The number of hydrogen-bond donors (Lipinski definition) is 6. The molecule has 0 radical (unpaired) electrons. The summed E-state index contributed by atoms with van der Waals surface area (Å²) in [7, 11) is 0. The van der Waals surface area contributed by atoms with Crippen molar-refractivity contribution >= 4 is 5.91 Å². The summed E-state index contributed by atoms with van der Waals surface area (Å²) in [5.41, 5.74) is 9.81. The third-order valence-electron chi connectivity index (χ3n) is 1.63. The monoisotopic (exact) mass is 194 g/mol. The third-order valence-corrected chi connectivity index (χ3v) is 1.63. The van der Waals surface area contributed by atoms with Crippen molar-refractivity contribution < 1.29 is 25.2 Å². The fourth-order valence-corrected chi connectivity index (χ4v) is 0.716. The largest absolute Gasteiger partial charge is 0.394 e. The van der Waals surface area contributed by atoms with E-state index in [2.05, 4.69) is 0 Å². The Morgan fingerprint density at radius 1 is 1.23 bits per heavy atom. The lowest BCUT2D eigenvalue weighted by Gasteiger charge is -2.24. The van der Waals surface area contributed by atoms with Crippen molar-refractivity contribution in [3.05, 3.63) is 0 Å².